The molecular weight excluding hydrogens is 407 g/mol. The highest BCUT2D eigenvalue weighted by Crippen LogP contribution is 2.26. The van der Waals surface area contributed by atoms with Crippen LogP contribution in [0.4, 0.5) is 4.39 Å². The largest absolute Gasteiger partial charge is 0.491 e. The third-order valence-electron chi connectivity index (χ3n) is 5.87. The van der Waals surface area contributed by atoms with Crippen LogP contribution in [-0.4, -0.2) is 44.4 Å². The maximum Gasteiger partial charge on any atom is 0.276 e. The Balaban J connectivity index is 1.60. The summed E-state index contributed by atoms with van der Waals surface area (Å²) in [6.45, 7) is 7.38. The first-order valence-electron chi connectivity index (χ1n) is 11.5. The van der Waals surface area contributed by atoms with Crippen molar-refractivity contribution in [3.05, 3.63) is 59.6 Å². The lowest BCUT2D eigenvalue weighted by molar-refractivity contribution is 0.0600. The van der Waals surface area contributed by atoms with E-state index in [1.165, 1.54) is 6.07 Å². The van der Waals surface area contributed by atoms with Gasteiger partial charge in [-0.15, -0.1) is 0 Å². The maximum absolute atomic E-state index is 14.1. The predicted molar refractivity (Wildman–Crippen MR) is 121 cm³/mol. The first-order valence-corrected chi connectivity index (χ1v) is 11.5. The lowest BCUT2D eigenvalue weighted by atomic mass is 9.97. The molecule has 1 aliphatic heterocycles. The van der Waals surface area contributed by atoms with Crippen molar-refractivity contribution in [2.45, 2.75) is 58.9 Å². The van der Waals surface area contributed by atoms with Gasteiger partial charge in [0, 0.05) is 37.1 Å². The molecule has 1 fully saturated rings. The molecule has 4 heterocycles. The van der Waals surface area contributed by atoms with Crippen LogP contribution in [-0.2, 0) is 12.8 Å². The average molecular weight is 439 g/mol. The van der Waals surface area contributed by atoms with E-state index in [2.05, 4.69) is 23.8 Å². The molecule has 0 bridgehead atoms. The molecule has 4 rings (SSSR count). The van der Waals surface area contributed by atoms with E-state index in [0.717, 1.165) is 37.1 Å². The number of imidazole rings is 1. The maximum atomic E-state index is 14.1. The Morgan fingerprint density at radius 2 is 2.06 bits per heavy atom. The zero-order chi connectivity index (χ0) is 22.7. The second-order valence-electron chi connectivity index (χ2n) is 8.88. The van der Waals surface area contributed by atoms with Gasteiger partial charge in [-0.1, -0.05) is 20.8 Å². The summed E-state index contributed by atoms with van der Waals surface area (Å²) in [6, 6.07) is 6.86. The fourth-order valence-corrected chi connectivity index (χ4v) is 4.20. The number of carbonyl (C=O) groups is 1. The van der Waals surface area contributed by atoms with Gasteiger partial charge in [-0.2, -0.15) is 0 Å². The average Bonchev–Trinajstić information content (AvgIpc) is 3.21. The summed E-state index contributed by atoms with van der Waals surface area (Å²) in [4.78, 5) is 24.7. The topological polar surface area (TPSA) is 59.7 Å². The van der Waals surface area contributed by atoms with E-state index < -0.39 is 0 Å². The Morgan fingerprint density at radius 3 is 2.81 bits per heavy atom. The van der Waals surface area contributed by atoms with Gasteiger partial charge in [0.1, 0.15) is 0 Å². The molecule has 0 aliphatic carbocycles. The van der Waals surface area contributed by atoms with Crippen LogP contribution in [0.1, 0.15) is 61.9 Å². The summed E-state index contributed by atoms with van der Waals surface area (Å²) in [5.74, 6) is 0.448. The van der Waals surface area contributed by atoms with E-state index in [1.807, 2.05) is 30.2 Å². The number of pyridine rings is 2. The third-order valence-corrected chi connectivity index (χ3v) is 5.87. The fourth-order valence-electron chi connectivity index (χ4n) is 4.20. The van der Waals surface area contributed by atoms with E-state index in [9.17, 15) is 9.18 Å². The van der Waals surface area contributed by atoms with E-state index in [-0.39, 0.29) is 17.8 Å². The lowest BCUT2D eigenvalue weighted by Gasteiger charge is -2.35. The molecular formula is C25H31FN4O2. The van der Waals surface area contributed by atoms with Gasteiger partial charge in [0.25, 0.3) is 5.91 Å². The van der Waals surface area contributed by atoms with Crippen molar-refractivity contribution < 1.29 is 13.9 Å². The van der Waals surface area contributed by atoms with Crippen molar-refractivity contribution in [3.63, 3.8) is 0 Å². The number of hydrogen-bond donors (Lipinski definition) is 0. The molecule has 1 saturated heterocycles. The molecule has 3 aromatic rings. The minimum absolute atomic E-state index is 0.00532. The number of carbonyl (C=O) groups excluding carboxylic acids is 1. The van der Waals surface area contributed by atoms with Crippen molar-refractivity contribution >= 4 is 11.6 Å². The molecule has 1 aliphatic rings. The van der Waals surface area contributed by atoms with Crippen molar-refractivity contribution in [2.75, 3.05) is 13.2 Å². The normalized spacial score (nSPS) is 16.7. The van der Waals surface area contributed by atoms with Gasteiger partial charge < -0.3 is 14.0 Å². The zero-order valence-corrected chi connectivity index (χ0v) is 19.1. The summed E-state index contributed by atoms with van der Waals surface area (Å²) in [5.41, 5.74) is 2.36. The first-order chi connectivity index (χ1) is 15.5. The number of nitrogens with zero attached hydrogens (tertiary/aromatic N) is 4. The molecule has 0 spiro atoms. The number of likely N-dealkylation sites (tertiary alicyclic amines) is 1. The first kappa shape index (κ1) is 22.2. The van der Waals surface area contributed by atoms with E-state index >= 15 is 0 Å². The number of halogens is 1. The van der Waals surface area contributed by atoms with Crippen molar-refractivity contribution in [1.82, 2.24) is 19.3 Å². The van der Waals surface area contributed by atoms with E-state index in [4.69, 9.17) is 4.74 Å². The van der Waals surface area contributed by atoms with Crippen LogP contribution < -0.4 is 4.74 Å². The van der Waals surface area contributed by atoms with Crippen LogP contribution in [0.15, 0.2) is 36.7 Å². The highest BCUT2D eigenvalue weighted by atomic mass is 19.1. The summed E-state index contributed by atoms with van der Waals surface area (Å²) >= 11 is 0. The second-order valence-corrected chi connectivity index (χ2v) is 8.88. The fraction of sp³-hybridized carbons (Fsp3) is 0.480. The molecule has 6 nitrogen and oxygen atoms in total. The van der Waals surface area contributed by atoms with Crippen LogP contribution in [0.3, 0.4) is 0 Å². The Hall–Kier alpha value is -2.96. The second kappa shape index (κ2) is 9.67. The van der Waals surface area contributed by atoms with Gasteiger partial charge in [-0.3, -0.25) is 4.79 Å². The number of piperidine rings is 1. The molecule has 0 saturated carbocycles. The number of rotatable bonds is 7. The van der Waals surface area contributed by atoms with E-state index in [1.54, 1.807) is 16.7 Å². The summed E-state index contributed by atoms with van der Waals surface area (Å²) in [5, 5.41) is 0. The quantitative estimate of drug-likeness (QED) is 0.536. The monoisotopic (exact) mass is 438 g/mol. The molecule has 170 valence electrons. The Labute approximate surface area is 188 Å². The highest BCUT2D eigenvalue weighted by molar-refractivity contribution is 5.95. The Morgan fingerprint density at radius 1 is 1.22 bits per heavy atom. The van der Waals surface area contributed by atoms with Crippen molar-refractivity contribution in [1.29, 1.82) is 0 Å². The lowest BCUT2D eigenvalue weighted by Crippen LogP contribution is -2.45. The van der Waals surface area contributed by atoms with Gasteiger partial charge >= 0.3 is 0 Å². The van der Waals surface area contributed by atoms with Gasteiger partial charge in [0.2, 0.25) is 0 Å². The number of fused-ring (bicyclic) bond motifs is 1. The molecule has 1 amide bonds. The van der Waals surface area contributed by atoms with Crippen LogP contribution in [0, 0.1) is 11.7 Å². The predicted octanol–water partition coefficient (Wildman–Crippen LogP) is 4.70. The molecule has 0 radical (unpaired) electrons. The van der Waals surface area contributed by atoms with Gasteiger partial charge in [0.05, 0.1) is 12.3 Å². The van der Waals surface area contributed by atoms with Gasteiger partial charge in [0.15, 0.2) is 22.9 Å². The Bertz CT molecular complexity index is 1090. The Kier molecular flexibility index (Phi) is 6.72. The highest BCUT2D eigenvalue weighted by Gasteiger charge is 2.31. The number of hydrogen-bond acceptors (Lipinski definition) is 4. The van der Waals surface area contributed by atoms with Crippen LogP contribution in [0.2, 0.25) is 0 Å². The van der Waals surface area contributed by atoms with Crippen LogP contribution in [0.5, 0.6) is 5.75 Å². The standard InChI is InChI=1S/C25H31FN4O2/c1-4-18-10-11-22(32-16-17(2)3)23(27-18)25(31)30-13-6-5-8-20(30)14-19-15-29-12-7-9-21(26)24(29)28-19/h7,9-12,15,17,20H,4-6,8,13-14,16H2,1-3H3. The zero-order valence-electron chi connectivity index (χ0n) is 19.1. The third kappa shape index (κ3) is 4.76. The van der Waals surface area contributed by atoms with Crippen molar-refractivity contribution in [3.8, 4) is 5.75 Å². The van der Waals surface area contributed by atoms with Crippen LogP contribution in [0.25, 0.3) is 5.65 Å². The molecule has 1 atom stereocenters. The summed E-state index contributed by atoms with van der Waals surface area (Å²) in [7, 11) is 0. The minimum atomic E-state index is -0.345. The van der Waals surface area contributed by atoms with Crippen LogP contribution >= 0.6 is 0 Å². The molecule has 0 N–H and O–H groups in total. The number of amides is 1. The molecule has 3 aromatic heterocycles. The smallest absolute Gasteiger partial charge is 0.276 e. The number of aromatic nitrogens is 3. The van der Waals surface area contributed by atoms with Crippen molar-refractivity contribution in [2.24, 2.45) is 5.92 Å². The van der Waals surface area contributed by atoms with E-state index in [0.29, 0.717) is 42.6 Å². The minimum Gasteiger partial charge on any atom is -0.491 e. The summed E-state index contributed by atoms with van der Waals surface area (Å²) < 4.78 is 21.7. The summed E-state index contributed by atoms with van der Waals surface area (Å²) in [6.07, 6.45) is 7.87. The van der Waals surface area contributed by atoms with Gasteiger partial charge in [-0.05, 0) is 55.9 Å². The molecule has 1 unspecified atom stereocenters. The number of aryl methyl sites for hydroxylation is 1. The molecule has 32 heavy (non-hydrogen) atoms. The molecule has 7 heteroatoms. The number of ether oxygens (including phenoxy) is 1. The van der Waals surface area contributed by atoms with Gasteiger partial charge in [-0.25, -0.2) is 14.4 Å². The molecule has 0 aromatic carbocycles. The SMILES string of the molecule is CCc1ccc(OCC(C)C)c(C(=O)N2CCCCC2Cc2cn3cccc(F)c3n2)n1.